The molecule has 0 saturated carbocycles. The fourth-order valence-electron chi connectivity index (χ4n) is 3.44. The average Bonchev–Trinajstić information content (AvgIpc) is 3.21. The van der Waals surface area contributed by atoms with Crippen LogP contribution in [0.1, 0.15) is 62.0 Å². The third-order valence-electron chi connectivity index (χ3n) is 4.83. The molecule has 0 aliphatic heterocycles. The molecule has 0 radical (unpaired) electrons. The van der Waals surface area contributed by atoms with Gasteiger partial charge in [0.2, 0.25) is 0 Å². The second-order valence-electron chi connectivity index (χ2n) is 6.87. The van der Waals surface area contributed by atoms with E-state index in [1.54, 1.807) is 10.9 Å². The third kappa shape index (κ3) is 3.46. The van der Waals surface area contributed by atoms with Crippen molar-refractivity contribution in [1.29, 1.82) is 0 Å². The van der Waals surface area contributed by atoms with E-state index in [-0.39, 0.29) is 0 Å². The van der Waals surface area contributed by atoms with Crippen LogP contribution in [0.5, 0.6) is 0 Å². The van der Waals surface area contributed by atoms with Crippen molar-refractivity contribution < 1.29 is 0 Å². The summed E-state index contributed by atoms with van der Waals surface area (Å²) in [5.41, 5.74) is 12.2. The maximum atomic E-state index is 6.28. The molecule has 0 aliphatic carbocycles. The number of nitrogens with zero attached hydrogens (tertiary/aromatic N) is 6. The molecule has 7 nitrogen and oxygen atoms in total. The molecule has 0 spiro atoms. The fraction of sp³-hybridized carbons (Fsp3) is 0.500. The van der Waals surface area contributed by atoms with Crippen molar-refractivity contribution in [2.75, 3.05) is 5.73 Å². The molecule has 0 amide bonds. The van der Waals surface area contributed by atoms with E-state index in [4.69, 9.17) is 15.8 Å². The van der Waals surface area contributed by atoms with Crippen molar-refractivity contribution in [2.24, 2.45) is 0 Å². The summed E-state index contributed by atoms with van der Waals surface area (Å²) in [5, 5.41) is 9.26. The standard InChI is InChI=1S/C20H29N7/c1-6-9-16-15(8-3)17(10-7-2)27(25-16)20-23-14(5)18(21)19(24-20)26-13(4)11-12-22-26/h11-12H,6-10,21H2,1-5H3. The Bertz CT molecular complexity index is 936. The Morgan fingerprint density at radius 3 is 2.33 bits per heavy atom. The van der Waals surface area contributed by atoms with Gasteiger partial charge in [0.05, 0.1) is 22.8 Å². The monoisotopic (exact) mass is 367 g/mol. The zero-order valence-corrected chi connectivity index (χ0v) is 17.0. The van der Waals surface area contributed by atoms with Gasteiger partial charge in [0, 0.05) is 11.9 Å². The number of nitrogen functional groups attached to an aromatic ring is 1. The number of anilines is 1. The smallest absolute Gasteiger partial charge is 0.253 e. The first-order valence-corrected chi connectivity index (χ1v) is 9.76. The van der Waals surface area contributed by atoms with Crippen LogP contribution in [0.25, 0.3) is 11.8 Å². The number of nitrogens with two attached hydrogens (primary N) is 1. The van der Waals surface area contributed by atoms with Crippen LogP contribution in [0.15, 0.2) is 12.3 Å². The molecular weight excluding hydrogens is 338 g/mol. The second-order valence-corrected chi connectivity index (χ2v) is 6.87. The molecule has 3 aromatic rings. The number of hydrogen-bond donors (Lipinski definition) is 1. The summed E-state index contributed by atoms with van der Waals surface area (Å²) in [7, 11) is 0. The first-order valence-electron chi connectivity index (χ1n) is 9.76. The van der Waals surface area contributed by atoms with Crippen LogP contribution in [-0.4, -0.2) is 29.5 Å². The zero-order valence-electron chi connectivity index (χ0n) is 17.0. The number of aryl methyl sites for hydroxylation is 3. The van der Waals surface area contributed by atoms with Crippen LogP contribution in [0.4, 0.5) is 5.69 Å². The predicted molar refractivity (Wildman–Crippen MR) is 108 cm³/mol. The average molecular weight is 368 g/mol. The summed E-state index contributed by atoms with van der Waals surface area (Å²) < 4.78 is 3.67. The summed E-state index contributed by atoms with van der Waals surface area (Å²) in [4.78, 5) is 9.42. The minimum atomic E-state index is 0.541. The lowest BCUT2D eigenvalue weighted by atomic mass is 10.0. The minimum absolute atomic E-state index is 0.541. The highest BCUT2D eigenvalue weighted by atomic mass is 15.4. The van der Waals surface area contributed by atoms with E-state index < -0.39 is 0 Å². The van der Waals surface area contributed by atoms with Crippen molar-refractivity contribution in [3.05, 3.63) is 40.6 Å². The largest absolute Gasteiger partial charge is 0.394 e. The molecule has 3 aromatic heterocycles. The van der Waals surface area contributed by atoms with Gasteiger partial charge >= 0.3 is 0 Å². The van der Waals surface area contributed by atoms with Gasteiger partial charge in [-0.2, -0.15) is 15.2 Å². The highest BCUT2D eigenvalue weighted by molar-refractivity contribution is 5.57. The summed E-state index contributed by atoms with van der Waals surface area (Å²) in [5.74, 6) is 1.17. The Labute approximate surface area is 160 Å². The van der Waals surface area contributed by atoms with Crippen molar-refractivity contribution in [1.82, 2.24) is 29.5 Å². The molecule has 2 N–H and O–H groups in total. The van der Waals surface area contributed by atoms with Crippen LogP contribution in [0, 0.1) is 13.8 Å². The van der Waals surface area contributed by atoms with E-state index in [9.17, 15) is 0 Å². The highest BCUT2D eigenvalue weighted by Crippen LogP contribution is 2.24. The van der Waals surface area contributed by atoms with Crippen LogP contribution in [-0.2, 0) is 19.3 Å². The molecule has 0 aliphatic rings. The molecule has 0 aromatic carbocycles. The van der Waals surface area contributed by atoms with Gasteiger partial charge in [0.15, 0.2) is 5.82 Å². The number of rotatable bonds is 7. The Balaban J connectivity index is 2.22. The van der Waals surface area contributed by atoms with E-state index >= 15 is 0 Å². The van der Waals surface area contributed by atoms with E-state index in [2.05, 4.69) is 30.9 Å². The van der Waals surface area contributed by atoms with Gasteiger partial charge < -0.3 is 5.73 Å². The topological polar surface area (TPSA) is 87.4 Å². The second kappa shape index (κ2) is 7.90. The minimum Gasteiger partial charge on any atom is -0.394 e. The van der Waals surface area contributed by atoms with Crippen LogP contribution >= 0.6 is 0 Å². The summed E-state index contributed by atoms with van der Waals surface area (Å²) in [6, 6.07) is 1.93. The molecule has 0 atom stereocenters. The maximum Gasteiger partial charge on any atom is 0.253 e. The van der Waals surface area contributed by atoms with E-state index in [0.29, 0.717) is 17.5 Å². The van der Waals surface area contributed by atoms with Gasteiger partial charge in [-0.15, -0.1) is 0 Å². The third-order valence-corrected chi connectivity index (χ3v) is 4.83. The maximum absolute atomic E-state index is 6.28. The molecule has 144 valence electrons. The van der Waals surface area contributed by atoms with Gasteiger partial charge in [-0.3, -0.25) is 0 Å². The molecule has 7 heteroatoms. The predicted octanol–water partition coefficient (Wildman–Crippen LogP) is 3.51. The van der Waals surface area contributed by atoms with Crippen LogP contribution in [0.3, 0.4) is 0 Å². The molecule has 0 saturated heterocycles. The van der Waals surface area contributed by atoms with E-state index in [1.165, 1.54) is 11.3 Å². The van der Waals surface area contributed by atoms with Crippen molar-refractivity contribution in [3.63, 3.8) is 0 Å². The van der Waals surface area contributed by atoms with Gasteiger partial charge in [-0.05, 0) is 44.7 Å². The SMILES string of the molecule is CCCc1nn(-c2nc(C)c(N)c(-n3nccc3C)n2)c(CCC)c1CC. The molecule has 27 heavy (non-hydrogen) atoms. The van der Waals surface area contributed by atoms with Crippen molar-refractivity contribution in [3.8, 4) is 11.8 Å². The lowest BCUT2D eigenvalue weighted by Gasteiger charge is -2.13. The highest BCUT2D eigenvalue weighted by Gasteiger charge is 2.20. The lowest BCUT2D eigenvalue weighted by Crippen LogP contribution is -2.15. The van der Waals surface area contributed by atoms with Crippen LogP contribution in [0.2, 0.25) is 0 Å². The number of hydrogen-bond acceptors (Lipinski definition) is 5. The first kappa shape index (κ1) is 19.1. The summed E-state index contributed by atoms with van der Waals surface area (Å²) in [6.07, 6.45) is 6.73. The van der Waals surface area contributed by atoms with Crippen molar-refractivity contribution >= 4 is 5.69 Å². The van der Waals surface area contributed by atoms with Gasteiger partial charge in [-0.25, -0.2) is 14.3 Å². The number of aromatic nitrogens is 6. The Kier molecular flexibility index (Phi) is 5.58. The summed E-state index contributed by atoms with van der Waals surface area (Å²) >= 11 is 0. The molecule has 3 heterocycles. The molecule has 0 fully saturated rings. The van der Waals surface area contributed by atoms with Gasteiger partial charge in [0.1, 0.15) is 0 Å². The van der Waals surface area contributed by atoms with Crippen molar-refractivity contribution in [2.45, 2.75) is 66.7 Å². The lowest BCUT2D eigenvalue weighted by molar-refractivity contribution is 0.705. The first-order chi connectivity index (χ1) is 13.0. The summed E-state index contributed by atoms with van der Waals surface area (Å²) in [6.45, 7) is 10.4. The Morgan fingerprint density at radius 2 is 1.74 bits per heavy atom. The van der Waals surface area contributed by atoms with E-state index in [1.807, 2.05) is 24.6 Å². The molecule has 3 rings (SSSR count). The fourth-order valence-corrected chi connectivity index (χ4v) is 3.44. The van der Waals surface area contributed by atoms with Crippen LogP contribution < -0.4 is 5.73 Å². The quantitative estimate of drug-likeness (QED) is 0.690. The van der Waals surface area contributed by atoms with E-state index in [0.717, 1.165) is 49.2 Å². The molecule has 0 unspecified atom stereocenters. The zero-order chi connectivity index (χ0) is 19.6. The van der Waals surface area contributed by atoms with Gasteiger partial charge in [-0.1, -0.05) is 33.6 Å². The molecule has 0 bridgehead atoms. The molecular formula is C20H29N7. The Morgan fingerprint density at radius 1 is 1.00 bits per heavy atom. The van der Waals surface area contributed by atoms with Gasteiger partial charge in [0.25, 0.3) is 5.95 Å². The normalized spacial score (nSPS) is 11.3. The Hall–Kier alpha value is -2.70.